The summed E-state index contributed by atoms with van der Waals surface area (Å²) in [5.74, 6) is 0.661. The van der Waals surface area contributed by atoms with E-state index in [1.165, 1.54) is 44.2 Å². The smallest absolute Gasteiger partial charge is 0.123 e. The van der Waals surface area contributed by atoms with E-state index in [9.17, 15) is 4.39 Å². The van der Waals surface area contributed by atoms with Crippen molar-refractivity contribution < 1.29 is 9.13 Å². The molecule has 1 aromatic carbocycles. The average molecular weight is 263 g/mol. The van der Waals surface area contributed by atoms with Gasteiger partial charge < -0.3 is 10.1 Å². The minimum atomic E-state index is -0.185. The van der Waals surface area contributed by atoms with E-state index in [0.717, 1.165) is 24.6 Å². The average Bonchev–Trinajstić information content (AvgIpc) is 2.93. The van der Waals surface area contributed by atoms with Crippen molar-refractivity contribution in [3.05, 3.63) is 35.6 Å². The number of hydrogen-bond donors (Lipinski definition) is 1. The fourth-order valence-corrected chi connectivity index (χ4v) is 3.33. The third-order valence-corrected chi connectivity index (χ3v) is 4.37. The van der Waals surface area contributed by atoms with Crippen molar-refractivity contribution in [1.29, 1.82) is 0 Å². The van der Waals surface area contributed by atoms with Crippen LogP contribution in [0.25, 0.3) is 0 Å². The van der Waals surface area contributed by atoms with Crippen molar-refractivity contribution in [2.24, 2.45) is 5.92 Å². The van der Waals surface area contributed by atoms with Crippen molar-refractivity contribution >= 4 is 0 Å². The van der Waals surface area contributed by atoms with E-state index < -0.39 is 0 Å². The van der Waals surface area contributed by atoms with Crippen LogP contribution in [0, 0.1) is 11.7 Å². The Morgan fingerprint density at radius 1 is 1.11 bits per heavy atom. The Labute approximate surface area is 114 Å². The first-order chi connectivity index (χ1) is 9.31. The van der Waals surface area contributed by atoms with Gasteiger partial charge in [0.15, 0.2) is 0 Å². The molecule has 19 heavy (non-hydrogen) atoms. The second kappa shape index (κ2) is 6.02. The molecule has 1 N–H and O–H groups in total. The summed E-state index contributed by atoms with van der Waals surface area (Å²) in [5, 5.41) is 3.45. The van der Waals surface area contributed by atoms with Crippen LogP contribution < -0.4 is 5.32 Å². The number of halogens is 1. The van der Waals surface area contributed by atoms with Gasteiger partial charge in [-0.25, -0.2) is 4.39 Å². The second-order valence-electron chi connectivity index (χ2n) is 5.84. The Bertz CT molecular complexity index is 400. The SMILES string of the molecule is Fc1ccc(C2CNCC(CC3CCCC3)O2)cc1. The summed E-state index contributed by atoms with van der Waals surface area (Å²) in [6, 6.07) is 6.69. The summed E-state index contributed by atoms with van der Waals surface area (Å²) in [4.78, 5) is 0. The lowest BCUT2D eigenvalue weighted by atomic mass is 9.98. The molecule has 1 aliphatic carbocycles. The van der Waals surface area contributed by atoms with Crippen LogP contribution >= 0.6 is 0 Å². The van der Waals surface area contributed by atoms with Crippen LogP contribution in [0.5, 0.6) is 0 Å². The summed E-state index contributed by atoms with van der Waals surface area (Å²) in [6.07, 6.45) is 7.04. The summed E-state index contributed by atoms with van der Waals surface area (Å²) < 4.78 is 19.1. The van der Waals surface area contributed by atoms with E-state index in [-0.39, 0.29) is 11.9 Å². The monoisotopic (exact) mass is 263 g/mol. The molecule has 2 aliphatic rings. The van der Waals surface area contributed by atoms with Crippen LogP contribution in [-0.4, -0.2) is 19.2 Å². The molecule has 1 saturated heterocycles. The molecule has 1 aromatic rings. The van der Waals surface area contributed by atoms with Gasteiger partial charge in [0.2, 0.25) is 0 Å². The largest absolute Gasteiger partial charge is 0.368 e. The molecule has 0 amide bonds. The fraction of sp³-hybridized carbons (Fsp3) is 0.625. The zero-order valence-electron chi connectivity index (χ0n) is 11.3. The van der Waals surface area contributed by atoms with Crippen LogP contribution in [-0.2, 0) is 4.74 Å². The number of benzene rings is 1. The highest BCUT2D eigenvalue weighted by Crippen LogP contribution is 2.31. The number of nitrogens with one attached hydrogen (secondary N) is 1. The van der Waals surface area contributed by atoms with Crippen LogP contribution in [0.15, 0.2) is 24.3 Å². The third-order valence-electron chi connectivity index (χ3n) is 4.37. The molecule has 2 fully saturated rings. The van der Waals surface area contributed by atoms with E-state index in [2.05, 4.69) is 5.32 Å². The van der Waals surface area contributed by atoms with Gasteiger partial charge in [-0.15, -0.1) is 0 Å². The molecule has 2 unspecified atom stereocenters. The molecule has 3 rings (SSSR count). The van der Waals surface area contributed by atoms with Gasteiger partial charge in [-0.2, -0.15) is 0 Å². The molecular weight excluding hydrogens is 241 g/mol. The molecule has 1 heterocycles. The van der Waals surface area contributed by atoms with Crippen molar-refractivity contribution in [2.45, 2.75) is 44.3 Å². The van der Waals surface area contributed by atoms with Crippen molar-refractivity contribution in [3.63, 3.8) is 0 Å². The normalized spacial score (nSPS) is 28.7. The van der Waals surface area contributed by atoms with Crippen LogP contribution in [0.4, 0.5) is 4.39 Å². The molecule has 1 aliphatic heterocycles. The Hall–Kier alpha value is -0.930. The highest BCUT2D eigenvalue weighted by molar-refractivity contribution is 5.19. The lowest BCUT2D eigenvalue weighted by Crippen LogP contribution is -2.41. The summed E-state index contributed by atoms with van der Waals surface area (Å²) in [6.45, 7) is 1.78. The maximum Gasteiger partial charge on any atom is 0.123 e. The standard InChI is InChI=1S/C16H22FNO/c17-14-7-5-13(6-8-14)16-11-18-10-15(19-16)9-12-3-1-2-4-12/h5-8,12,15-16,18H,1-4,9-11H2. The summed E-state index contributed by atoms with van der Waals surface area (Å²) in [7, 11) is 0. The zero-order chi connectivity index (χ0) is 13.1. The zero-order valence-corrected chi connectivity index (χ0v) is 11.3. The second-order valence-corrected chi connectivity index (χ2v) is 5.84. The maximum absolute atomic E-state index is 12.9. The lowest BCUT2D eigenvalue weighted by molar-refractivity contribution is -0.0489. The summed E-state index contributed by atoms with van der Waals surface area (Å²) in [5.41, 5.74) is 1.07. The Morgan fingerprint density at radius 3 is 2.58 bits per heavy atom. The number of rotatable bonds is 3. The molecular formula is C16H22FNO. The van der Waals surface area contributed by atoms with Gasteiger partial charge in [0.25, 0.3) is 0 Å². The first-order valence-electron chi connectivity index (χ1n) is 7.43. The minimum absolute atomic E-state index is 0.0701. The van der Waals surface area contributed by atoms with E-state index >= 15 is 0 Å². The Kier molecular flexibility index (Phi) is 4.14. The molecule has 1 saturated carbocycles. The van der Waals surface area contributed by atoms with E-state index in [1.54, 1.807) is 0 Å². The highest BCUT2D eigenvalue weighted by Gasteiger charge is 2.27. The van der Waals surface area contributed by atoms with Crippen LogP contribution in [0.2, 0.25) is 0 Å². The molecule has 0 aromatic heterocycles. The van der Waals surface area contributed by atoms with E-state index in [4.69, 9.17) is 4.74 Å². The number of hydrogen-bond acceptors (Lipinski definition) is 2. The van der Waals surface area contributed by atoms with E-state index in [1.807, 2.05) is 12.1 Å². The first kappa shape index (κ1) is 13.1. The third kappa shape index (κ3) is 3.34. The Morgan fingerprint density at radius 2 is 1.84 bits per heavy atom. The molecule has 0 radical (unpaired) electrons. The van der Waals surface area contributed by atoms with Crippen molar-refractivity contribution in [3.8, 4) is 0 Å². The predicted molar refractivity (Wildman–Crippen MR) is 73.5 cm³/mol. The highest BCUT2D eigenvalue weighted by atomic mass is 19.1. The first-order valence-corrected chi connectivity index (χ1v) is 7.43. The van der Waals surface area contributed by atoms with Gasteiger partial charge in [-0.3, -0.25) is 0 Å². The van der Waals surface area contributed by atoms with Gasteiger partial charge in [0.1, 0.15) is 5.82 Å². The van der Waals surface area contributed by atoms with Crippen LogP contribution in [0.3, 0.4) is 0 Å². The quantitative estimate of drug-likeness (QED) is 0.902. The molecule has 104 valence electrons. The molecule has 0 bridgehead atoms. The van der Waals surface area contributed by atoms with Gasteiger partial charge in [0.05, 0.1) is 12.2 Å². The van der Waals surface area contributed by atoms with Gasteiger partial charge >= 0.3 is 0 Å². The molecule has 3 heteroatoms. The Balaban J connectivity index is 1.59. The summed E-state index contributed by atoms with van der Waals surface area (Å²) >= 11 is 0. The number of morpholine rings is 1. The van der Waals surface area contributed by atoms with E-state index in [0.29, 0.717) is 6.10 Å². The van der Waals surface area contributed by atoms with Crippen LogP contribution in [0.1, 0.15) is 43.8 Å². The van der Waals surface area contributed by atoms with Crippen molar-refractivity contribution in [2.75, 3.05) is 13.1 Å². The van der Waals surface area contributed by atoms with Gasteiger partial charge in [-0.05, 0) is 30.0 Å². The topological polar surface area (TPSA) is 21.3 Å². The molecule has 0 spiro atoms. The lowest BCUT2D eigenvalue weighted by Gasteiger charge is -2.32. The fourth-order valence-electron chi connectivity index (χ4n) is 3.33. The van der Waals surface area contributed by atoms with Gasteiger partial charge in [0, 0.05) is 13.1 Å². The molecule has 2 atom stereocenters. The minimum Gasteiger partial charge on any atom is -0.368 e. The van der Waals surface area contributed by atoms with Gasteiger partial charge in [-0.1, -0.05) is 37.8 Å². The number of ether oxygens (including phenoxy) is 1. The molecule has 2 nitrogen and oxygen atoms in total. The maximum atomic E-state index is 12.9. The predicted octanol–water partition coefficient (Wildman–Crippen LogP) is 3.44. The van der Waals surface area contributed by atoms with Crippen molar-refractivity contribution in [1.82, 2.24) is 5.32 Å².